The van der Waals surface area contributed by atoms with Crippen LogP contribution in [0.2, 0.25) is 0 Å². The lowest BCUT2D eigenvalue weighted by atomic mass is 10.0. The molecule has 0 bridgehead atoms. The first-order valence-corrected chi connectivity index (χ1v) is 5.94. The minimum absolute atomic E-state index is 0.0260. The molecule has 1 aliphatic carbocycles. The van der Waals surface area contributed by atoms with Crippen molar-refractivity contribution >= 4 is 5.82 Å². The van der Waals surface area contributed by atoms with Crippen LogP contribution < -0.4 is 4.90 Å². The predicted octanol–water partition coefficient (Wildman–Crippen LogP) is -0.615. The molecule has 6 nitrogen and oxygen atoms in total. The van der Waals surface area contributed by atoms with Gasteiger partial charge in [0, 0.05) is 30.9 Å². The lowest BCUT2D eigenvalue weighted by molar-refractivity contribution is 0.109. The van der Waals surface area contributed by atoms with E-state index in [2.05, 4.69) is 9.97 Å². The molecule has 2 N–H and O–H groups in total. The standard InChI is InChI=1S/C12H14N4O2/c13-3-10-11(15-2-1-14-10)16-4-8-9(5-16)12(8,6-17)7-18/h1-2,8-9,17-18H,4-7H2. The summed E-state index contributed by atoms with van der Waals surface area (Å²) in [7, 11) is 0. The smallest absolute Gasteiger partial charge is 0.183 e. The number of nitriles is 1. The van der Waals surface area contributed by atoms with Crippen LogP contribution in [-0.2, 0) is 0 Å². The van der Waals surface area contributed by atoms with E-state index in [0.29, 0.717) is 23.3 Å². The van der Waals surface area contributed by atoms with Crippen molar-refractivity contribution in [3.05, 3.63) is 18.1 Å². The molecule has 1 aromatic rings. The summed E-state index contributed by atoms with van der Waals surface area (Å²) >= 11 is 0. The van der Waals surface area contributed by atoms with Gasteiger partial charge in [-0.3, -0.25) is 0 Å². The van der Waals surface area contributed by atoms with E-state index in [1.807, 2.05) is 11.0 Å². The molecule has 18 heavy (non-hydrogen) atoms. The van der Waals surface area contributed by atoms with Crippen LogP contribution in [0.15, 0.2) is 12.4 Å². The molecular formula is C12H14N4O2. The van der Waals surface area contributed by atoms with Gasteiger partial charge >= 0.3 is 0 Å². The van der Waals surface area contributed by atoms with Gasteiger partial charge in [0.25, 0.3) is 0 Å². The van der Waals surface area contributed by atoms with Gasteiger partial charge in [0.15, 0.2) is 11.5 Å². The maximum atomic E-state index is 9.36. The van der Waals surface area contributed by atoms with Crippen LogP contribution >= 0.6 is 0 Å². The molecule has 1 saturated heterocycles. The summed E-state index contributed by atoms with van der Waals surface area (Å²) in [6.45, 7) is 1.49. The first-order chi connectivity index (χ1) is 8.76. The van der Waals surface area contributed by atoms with Gasteiger partial charge in [-0.1, -0.05) is 0 Å². The van der Waals surface area contributed by atoms with Crippen molar-refractivity contribution in [2.45, 2.75) is 0 Å². The number of anilines is 1. The fraction of sp³-hybridized carbons (Fsp3) is 0.583. The normalized spacial score (nSPS) is 27.7. The highest BCUT2D eigenvalue weighted by Gasteiger charge is 2.67. The zero-order chi connectivity index (χ0) is 12.8. The molecule has 1 aromatic heterocycles. The zero-order valence-electron chi connectivity index (χ0n) is 9.82. The maximum absolute atomic E-state index is 9.36. The van der Waals surface area contributed by atoms with Gasteiger partial charge in [-0.2, -0.15) is 5.26 Å². The van der Waals surface area contributed by atoms with E-state index >= 15 is 0 Å². The number of piperidine rings is 1. The number of aromatic nitrogens is 2. The number of aliphatic hydroxyl groups is 2. The Morgan fingerprint density at radius 1 is 1.28 bits per heavy atom. The van der Waals surface area contributed by atoms with Crippen LogP contribution in [0, 0.1) is 28.6 Å². The summed E-state index contributed by atoms with van der Waals surface area (Å²) in [6, 6.07) is 2.04. The lowest BCUT2D eigenvalue weighted by Crippen LogP contribution is -2.33. The van der Waals surface area contributed by atoms with Crippen molar-refractivity contribution in [3.8, 4) is 6.07 Å². The average Bonchev–Trinajstić information content (AvgIpc) is 2.81. The Bertz CT molecular complexity index is 495. The van der Waals surface area contributed by atoms with Gasteiger partial charge in [0.05, 0.1) is 13.2 Å². The van der Waals surface area contributed by atoms with Crippen molar-refractivity contribution < 1.29 is 10.2 Å². The van der Waals surface area contributed by atoms with Gasteiger partial charge in [-0.05, 0) is 11.8 Å². The molecule has 1 saturated carbocycles. The average molecular weight is 246 g/mol. The van der Waals surface area contributed by atoms with Crippen molar-refractivity contribution in [2.24, 2.45) is 17.3 Å². The minimum atomic E-state index is -0.314. The first-order valence-electron chi connectivity index (χ1n) is 5.94. The summed E-state index contributed by atoms with van der Waals surface area (Å²) in [5.74, 6) is 1.19. The zero-order valence-corrected chi connectivity index (χ0v) is 9.82. The minimum Gasteiger partial charge on any atom is -0.396 e. The third-order valence-corrected chi connectivity index (χ3v) is 4.36. The van der Waals surface area contributed by atoms with Crippen molar-refractivity contribution in [3.63, 3.8) is 0 Å². The monoisotopic (exact) mass is 246 g/mol. The van der Waals surface area contributed by atoms with E-state index in [0.717, 1.165) is 13.1 Å². The number of aliphatic hydroxyl groups excluding tert-OH is 2. The van der Waals surface area contributed by atoms with E-state index < -0.39 is 0 Å². The van der Waals surface area contributed by atoms with Crippen LogP contribution in [0.1, 0.15) is 5.69 Å². The summed E-state index contributed by atoms with van der Waals surface area (Å²) in [4.78, 5) is 10.2. The molecular weight excluding hydrogens is 232 g/mol. The van der Waals surface area contributed by atoms with E-state index in [-0.39, 0.29) is 18.6 Å². The molecule has 2 aliphatic rings. The second-order valence-electron chi connectivity index (χ2n) is 5.01. The fourth-order valence-corrected chi connectivity index (χ4v) is 3.17. The predicted molar refractivity (Wildman–Crippen MR) is 62.5 cm³/mol. The largest absolute Gasteiger partial charge is 0.396 e. The molecule has 2 fully saturated rings. The SMILES string of the molecule is N#Cc1nccnc1N1CC2C(C1)C2(CO)CO. The summed E-state index contributed by atoms with van der Waals surface area (Å²) in [6.07, 6.45) is 3.08. The van der Waals surface area contributed by atoms with E-state index in [1.54, 1.807) is 6.20 Å². The quantitative estimate of drug-likeness (QED) is 0.738. The van der Waals surface area contributed by atoms with Crippen LogP contribution in [0.5, 0.6) is 0 Å². The van der Waals surface area contributed by atoms with Crippen molar-refractivity contribution in [2.75, 3.05) is 31.2 Å². The molecule has 0 amide bonds. The molecule has 0 spiro atoms. The summed E-state index contributed by atoms with van der Waals surface area (Å²) in [5, 5.41) is 27.7. The van der Waals surface area contributed by atoms with Gasteiger partial charge in [0.2, 0.25) is 0 Å². The highest BCUT2D eigenvalue weighted by molar-refractivity contribution is 5.52. The van der Waals surface area contributed by atoms with Gasteiger partial charge in [0.1, 0.15) is 6.07 Å². The fourth-order valence-electron chi connectivity index (χ4n) is 3.17. The molecule has 0 aromatic carbocycles. The first kappa shape index (κ1) is 11.4. The number of fused-ring (bicyclic) bond motifs is 1. The highest BCUT2D eigenvalue weighted by atomic mass is 16.3. The second kappa shape index (κ2) is 3.90. The molecule has 2 atom stereocenters. The maximum Gasteiger partial charge on any atom is 0.183 e. The topological polar surface area (TPSA) is 93.3 Å². The Labute approximate surface area is 105 Å². The van der Waals surface area contributed by atoms with Crippen LogP contribution in [0.3, 0.4) is 0 Å². The molecule has 2 unspecified atom stereocenters. The number of rotatable bonds is 3. The van der Waals surface area contributed by atoms with Crippen LogP contribution in [-0.4, -0.2) is 46.5 Å². The summed E-state index contributed by atoms with van der Waals surface area (Å²) in [5.41, 5.74) is 0.0170. The van der Waals surface area contributed by atoms with E-state index in [1.165, 1.54) is 6.20 Å². The molecule has 0 radical (unpaired) electrons. The van der Waals surface area contributed by atoms with Crippen molar-refractivity contribution in [1.29, 1.82) is 5.26 Å². The van der Waals surface area contributed by atoms with Gasteiger partial charge in [-0.25, -0.2) is 9.97 Å². The molecule has 3 rings (SSSR count). The Balaban J connectivity index is 1.79. The van der Waals surface area contributed by atoms with Crippen molar-refractivity contribution in [1.82, 2.24) is 9.97 Å². The van der Waals surface area contributed by atoms with Crippen LogP contribution in [0.25, 0.3) is 0 Å². The Morgan fingerprint density at radius 2 is 1.89 bits per heavy atom. The lowest BCUT2D eigenvalue weighted by Gasteiger charge is -2.25. The third kappa shape index (κ3) is 1.35. The summed E-state index contributed by atoms with van der Waals surface area (Å²) < 4.78 is 0. The molecule has 94 valence electrons. The number of hydrogen-bond acceptors (Lipinski definition) is 6. The van der Waals surface area contributed by atoms with Gasteiger partial charge in [-0.15, -0.1) is 0 Å². The molecule has 2 heterocycles. The van der Waals surface area contributed by atoms with Crippen LogP contribution in [0.4, 0.5) is 5.82 Å². The Morgan fingerprint density at radius 3 is 2.44 bits per heavy atom. The van der Waals surface area contributed by atoms with E-state index in [9.17, 15) is 10.2 Å². The highest BCUT2D eigenvalue weighted by Crippen LogP contribution is 2.62. The third-order valence-electron chi connectivity index (χ3n) is 4.36. The number of nitrogens with zero attached hydrogens (tertiary/aromatic N) is 4. The number of hydrogen-bond donors (Lipinski definition) is 2. The Hall–Kier alpha value is -1.71. The molecule has 6 heteroatoms. The second-order valence-corrected chi connectivity index (χ2v) is 5.01. The van der Waals surface area contributed by atoms with E-state index in [4.69, 9.17) is 5.26 Å². The molecule has 1 aliphatic heterocycles. The Kier molecular flexibility index (Phi) is 2.47. The van der Waals surface area contributed by atoms with Gasteiger partial charge < -0.3 is 15.1 Å².